The highest BCUT2D eigenvalue weighted by Crippen LogP contribution is 2.39. The zero-order chi connectivity index (χ0) is 16.9. The highest BCUT2D eigenvalue weighted by molar-refractivity contribution is 7.89. The molecule has 3 rings (SSSR count). The fourth-order valence-corrected chi connectivity index (χ4v) is 4.14. The van der Waals surface area contributed by atoms with E-state index in [1.54, 1.807) is 4.90 Å². The van der Waals surface area contributed by atoms with Crippen molar-refractivity contribution in [2.75, 3.05) is 6.54 Å². The molecule has 8 nitrogen and oxygen atoms in total. The lowest BCUT2D eigenvalue weighted by Gasteiger charge is -2.27. The maximum absolute atomic E-state index is 12.8. The van der Waals surface area contributed by atoms with E-state index in [0.29, 0.717) is 12.5 Å². The second-order valence-electron chi connectivity index (χ2n) is 6.21. The normalized spacial score (nSPS) is 23.3. The molecule has 1 heterocycles. The van der Waals surface area contributed by atoms with Crippen molar-refractivity contribution in [3.8, 4) is 0 Å². The minimum absolute atomic E-state index is 0.0378. The molecule has 1 aromatic rings. The number of nitrogens with two attached hydrogens (primary N) is 1. The Morgan fingerprint density at radius 2 is 2.09 bits per heavy atom. The fourth-order valence-electron chi connectivity index (χ4n) is 3.58. The zero-order valence-electron chi connectivity index (χ0n) is 12.6. The first-order valence-corrected chi connectivity index (χ1v) is 8.86. The number of fused-ring (bicyclic) bond motifs is 2. The third-order valence-corrected chi connectivity index (χ3v) is 5.67. The van der Waals surface area contributed by atoms with Gasteiger partial charge >= 0.3 is 0 Å². The van der Waals surface area contributed by atoms with Gasteiger partial charge in [-0.05, 0) is 38.2 Å². The van der Waals surface area contributed by atoms with Gasteiger partial charge in [0.05, 0.1) is 15.4 Å². The van der Waals surface area contributed by atoms with Crippen LogP contribution in [0.4, 0.5) is 5.69 Å². The SMILES string of the molecule is Cc1c(C(=O)N2CC3CCC2C3)cc(S(N)(=O)=O)cc1[N+](=O)[O-]. The molecule has 2 N–H and O–H groups in total. The Labute approximate surface area is 133 Å². The van der Waals surface area contributed by atoms with Crippen LogP contribution in [0.1, 0.15) is 35.2 Å². The van der Waals surface area contributed by atoms with Crippen molar-refractivity contribution in [2.45, 2.75) is 37.1 Å². The van der Waals surface area contributed by atoms with Crippen LogP contribution in [0.25, 0.3) is 0 Å². The summed E-state index contributed by atoms with van der Waals surface area (Å²) >= 11 is 0. The summed E-state index contributed by atoms with van der Waals surface area (Å²) in [4.78, 5) is 24.5. The summed E-state index contributed by atoms with van der Waals surface area (Å²) < 4.78 is 23.1. The molecule has 2 bridgehead atoms. The highest BCUT2D eigenvalue weighted by atomic mass is 32.2. The molecular formula is C14H17N3O5S. The molecule has 1 aliphatic heterocycles. The Morgan fingerprint density at radius 1 is 1.39 bits per heavy atom. The van der Waals surface area contributed by atoms with Crippen LogP contribution < -0.4 is 5.14 Å². The van der Waals surface area contributed by atoms with E-state index in [9.17, 15) is 23.3 Å². The van der Waals surface area contributed by atoms with Crippen molar-refractivity contribution in [1.29, 1.82) is 0 Å². The zero-order valence-corrected chi connectivity index (χ0v) is 13.4. The van der Waals surface area contributed by atoms with Gasteiger partial charge in [-0.25, -0.2) is 13.6 Å². The predicted octanol–water partition coefficient (Wildman–Crippen LogP) is 1.18. The summed E-state index contributed by atoms with van der Waals surface area (Å²) in [6, 6.07) is 2.19. The third kappa shape index (κ3) is 2.70. The van der Waals surface area contributed by atoms with Gasteiger partial charge in [-0.3, -0.25) is 14.9 Å². The molecule has 1 amide bonds. The van der Waals surface area contributed by atoms with Gasteiger partial charge < -0.3 is 4.90 Å². The molecule has 2 atom stereocenters. The number of nitro groups is 1. The molecule has 1 aliphatic carbocycles. The molecule has 124 valence electrons. The average Bonchev–Trinajstić information content (AvgIpc) is 3.07. The third-order valence-electron chi connectivity index (χ3n) is 4.78. The Bertz CT molecular complexity index is 805. The summed E-state index contributed by atoms with van der Waals surface area (Å²) in [5, 5.41) is 16.3. The molecule has 1 aromatic carbocycles. The maximum atomic E-state index is 12.8. The van der Waals surface area contributed by atoms with Crippen molar-refractivity contribution >= 4 is 21.6 Å². The van der Waals surface area contributed by atoms with Crippen LogP contribution in [-0.2, 0) is 10.0 Å². The van der Waals surface area contributed by atoms with Crippen LogP contribution in [0.2, 0.25) is 0 Å². The van der Waals surface area contributed by atoms with Gasteiger partial charge in [0.2, 0.25) is 10.0 Å². The molecule has 0 aromatic heterocycles. The number of amides is 1. The number of nitro benzene ring substituents is 1. The number of nitrogens with zero attached hydrogens (tertiary/aromatic N) is 2. The number of primary sulfonamides is 1. The van der Waals surface area contributed by atoms with E-state index in [-0.39, 0.29) is 23.1 Å². The first kappa shape index (κ1) is 15.9. The van der Waals surface area contributed by atoms with Gasteiger partial charge in [-0.1, -0.05) is 0 Å². The topological polar surface area (TPSA) is 124 Å². The van der Waals surface area contributed by atoms with Crippen LogP contribution in [0.3, 0.4) is 0 Å². The molecule has 2 aliphatic rings. The minimum atomic E-state index is -4.14. The van der Waals surface area contributed by atoms with Gasteiger partial charge in [-0.15, -0.1) is 0 Å². The van der Waals surface area contributed by atoms with E-state index in [4.69, 9.17) is 5.14 Å². The number of piperidine rings is 1. The lowest BCUT2D eigenvalue weighted by Crippen LogP contribution is -2.38. The van der Waals surface area contributed by atoms with Crippen LogP contribution in [0, 0.1) is 23.0 Å². The largest absolute Gasteiger partial charge is 0.335 e. The number of rotatable bonds is 3. The minimum Gasteiger partial charge on any atom is -0.335 e. The number of benzene rings is 1. The summed E-state index contributed by atoms with van der Waals surface area (Å²) in [6.07, 6.45) is 2.96. The standard InChI is InChI=1S/C14H17N3O5S/c1-8-12(14(18)16-7-9-2-3-10(16)4-9)5-11(23(15,21)22)6-13(8)17(19)20/h5-6,9-10H,2-4,7H2,1H3,(H2,15,21,22). The molecule has 2 unspecified atom stereocenters. The fraction of sp³-hybridized carbons (Fsp3) is 0.500. The van der Waals surface area contributed by atoms with E-state index < -0.39 is 25.5 Å². The summed E-state index contributed by atoms with van der Waals surface area (Å²) in [5.74, 6) is 0.115. The Kier molecular flexibility index (Phi) is 3.64. The number of carbonyl (C=O) groups excluding carboxylic acids is 1. The quantitative estimate of drug-likeness (QED) is 0.654. The number of likely N-dealkylation sites (tertiary alicyclic amines) is 1. The summed E-state index contributed by atoms with van der Waals surface area (Å²) in [6.45, 7) is 2.07. The van der Waals surface area contributed by atoms with Crippen molar-refractivity contribution < 1.29 is 18.1 Å². The van der Waals surface area contributed by atoms with Gasteiger partial charge in [-0.2, -0.15) is 0 Å². The molecule has 0 spiro atoms. The lowest BCUT2D eigenvalue weighted by atomic mass is 10.0. The van der Waals surface area contributed by atoms with Crippen molar-refractivity contribution in [1.82, 2.24) is 4.90 Å². The van der Waals surface area contributed by atoms with Gasteiger partial charge in [0.25, 0.3) is 11.6 Å². The van der Waals surface area contributed by atoms with Gasteiger partial charge in [0, 0.05) is 24.2 Å². The molecular weight excluding hydrogens is 322 g/mol. The molecule has 1 saturated heterocycles. The smallest absolute Gasteiger partial charge is 0.274 e. The van der Waals surface area contributed by atoms with E-state index in [1.807, 2.05) is 0 Å². The van der Waals surface area contributed by atoms with Gasteiger partial charge in [0.15, 0.2) is 0 Å². The lowest BCUT2D eigenvalue weighted by molar-refractivity contribution is -0.385. The molecule has 0 radical (unpaired) electrons. The van der Waals surface area contributed by atoms with E-state index in [1.165, 1.54) is 6.92 Å². The first-order valence-electron chi connectivity index (χ1n) is 7.31. The predicted molar refractivity (Wildman–Crippen MR) is 81.4 cm³/mol. The summed E-state index contributed by atoms with van der Waals surface area (Å²) in [7, 11) is -4.14. The Hall–Kier alpha value is -2.00. The monoisotopic (exact) mass is 339 g/mol. The first-order chi connectivity index (χ1) is 10.7. The highest BCUT2D eigenvalue weighted by Gasteiger charge is 2.41. The second kappa shape index (κ2) is 5.27. The van der Waals surface area contributed by atoms with Crippen LogP contribution in [0.15, 0.2) is 17.0 Å². The van der Waals surface area contributed by atoms with E-state index >= 15 is 0 Å². The molecule has 9 heteroatoms. The number of hydrogen-bond donors (Lipinski definition) is 1. The average molecular weight is 339 g/mol. The van der Waals surface area contributed by atoms with Crippen molar-refractivity contribution in [3.63, 3.8) is 0 Å². The van der Waals surface area contributed by atoms with Crippen LogP contribution >= 0.6 is 0 Å². The maximum Gasteiger partial charge on any atom is 0.274 e. The van der Waals surface area contributed by atoms with E-state index in [0.717, 1.165) is 31.4 Å². The summed E-state index contributed by atoms with van der Waals surface area (Å²) in [5.41, 5.74) is -0.213. The number of hydrogen-bond acceptors (Lipinski definition) is 5. The number of carbonyl (C=O) groups is 1. The van der Waals surface area contributed by atoms with Crippen LogP contribution in [-0.4, -0.2) is 36.7 Å². The van der Waals surface area contributed by atoms with Crippen molar-refractivity contribution in [2.24, 2.45) is 11.1 Å². The second-order valence-corrected chi connectivity index (χ2v) is 7.77. The van der Waals surface area contributed by atoms with Crippen molar-refractivity contribution in [3.05, 3.63) is 33.4 Å². The molecule has 1 saturated carbocycles. The number of sulfonamides is 1. The van der Waals surface area contributed by atoms with Crippen LogP contribution in [0.5, 0.6) is 0 Å². The molecule has 2 fully saturated rings. The van der Waals surface area contributed by atoms with E-state index in [2.05, 4.69) is 0 Å². The Balaban J connectivity index is 2.09. The Morgan fingerprint density at radius 3 is 2.57 bits per heavy atom. The molecule has 23 heavy (non-hydrogen) atoms. The van der Waals surface area contributed by atoms with Gasteiger partial charge in [0.1, 0.15) is 0 Å².